The molecule has 0 aromatic heterocycles. The molecule has 2 aromatic rings. The Balaban J connectivity index is 1.57. The maximum Gasteiger partial charge on any atom is 0.407 e. The van der Waals surface area contributed by atoms with Crippen LogP contribution in [-0.2, 0) is 22.4 Å². The van der Waals surface area contributed by atoms with Gasteiger partial charge in [0.2, 0.25) is 6.10 Å². The van der Waals surface area contributed by atoms with E-state index in [0.717, 1.165) is 11.1 Å². The molecule has 1 N–H and O–H groups in total. The largest absolute Gasteiger partial charge is 0.485 e. The SMILES string of the molecule is COC(=O)C1COc2cc(CCN(CCc3ccccc3)C(=O)O)ccc2O1. The van der Waals surface area contributed by atoms with Gasteiger partial charge in [-0.2, -0.15) is 0 Å². The maximum atomic E-state index is 11.6. The average Bonchev–Trinajstić information content (AvgIpc) is 2.73. The van der Waals surface area contributed by atoms with Crippen molar-refractivity contribution in [1.29, 1.82) is 0 Å². The van der Waals surface area contributed by atoms with Gasteiger partial charge in [0.1, 0.15) is 6.61 Å². The van der Waals surface area contributed by atoms with Crippen molar-refractivity contribution in [2.45, 2.75) is 18.9 Å². The van der Waals surface area contributed by atoms with Crippen LogP contribution in [0.2, 0.25) is 0 Å². The van der Waals surface area contributed by atoms with Crippen LogP contribution in [0.1, 0.15) is 11.1 Å². The smallest absolute Gasteiger partial charge is 0.407 e. The molecular formula is C21H23NO6. The summed E-state index contributed by atoms with van der Waals surface area (Å²) in [7, 11) is 1.30. The number of methoxy groups -OCH3 is 1. The van der Waals surface area contributed by atoms with Crippen molar-refractivity contribution < 1.29 is 28.9 Å². The number of amides is 1. The summed E-state index contributed by atoms with van der Waals surface area (Å²) in [6.45, 7) is 0.902. The topological polar surface area (TPSA) is 85.3 Å². The average molecular weight is 385 g/mol. The van der Waals surface area contributed by atoms with Crippen LogP contribution in [0.25, 0.3) is 0 Å². The number of fused-ring (bicyclic) bond motifs is 1. The molecule has 0 saturated heterocycles. The lowest BCUT2D eigenvalue weighted by Gasteiger charge is -2.25. The van der Waals surface area contributed by atoms with Crippen molar-refractivity contribution >= 4 is 12.1 Å². The molecular weight excluding hydrogens is 362 g/mol. The zero-order valence-corrected chi connectivity index (χ0v) is 15.7. The number of nitrogens with zero attached hydrogens (tertiary/aromatic N) is 1. The highest BCUT2D eigenvalue weighted by molar-refractivity contribution is 5.75. The molecule has 0 bridgehead atoms. The predicted molar refractivity (Wildman–Crippen MR) is 102 cm³/mol. The Morgan fingerprint density at radius 1 is 1.07 bits per heavy atom. The highest BCUT2D eigenvalue weighted by Crippen LogP contribution is 2.33. The van der Waals surface area contributed by atoms with Crippen LogP contribution in [0.5, 0.6) is 11.5 Å². The number of ether oxygens (including phenoxy) is 3. The van der Waals surface area contributed by atoms with Crippen molar-refractivity contribution in [1.82, 2.24) is 4.90 Å². The molecule has 3 rings (SSSR count). The van der Waals surface area contributed by atoms with Crippen LogP contribution >= 0.6 is 0 Å². The van der Waals surface area contributed by atoms with Gasteiger partial charge in [-0.1, -0.05) is 36.4 Å². The fourth-order valence-corrected chi connectivity index (χ4v) is 2.99. The zero-order chi connectivity index (χ0) is 19.9. The normalized spacial score (nSPS) is 15.0. The van der Waals surface area contributed by atoms with Crippen LogP contribution in [0.3, 0.4) is 0 Å². The lowest BCUT2D eigenvalue weighted by molar-refractivity contribution is -0.151. The number of carbonyl (C=O) groups excluding carboxylic acids is 1. The minimum absolute atomic E-state index is 0.0848. The fraction of sp³-hybridized carbons (Fsp3) is 0.333. The van der Waals surface area contributed by atoms with Crippen molar-refractivity contribution in [2.75, 3.05) is 26.8 Å². The third-order valence-electron chi connectivity index (χ3n) is 4.59. The summed E-state index contributed by atoms with van der Waals surface area (Å²) in [6, 6.07) is 15.2. The molecule has 148 valence electrons. The summed E-state index contributed by atoms with van der Waals surface area (Å²) >= 11 is 0. The van der Waals surface area contributed by atoms with Gasteiger partial charge >= 0.3 is 12.1 Å². The Morgan fingerprint density at radius 3 is 2.46 bits per heavy atom. The molecule has 2 aromatic carbocycles. The van der Waals surface area contributed by atoms with Crippen molar-refractivity contribution in [3.05, 3.63) is 59.7 Å². The Morgan fingerprint density at radius 2 is 1.79 bits per heavy atom. The second kappa shape index (κ2) is 9.12. The first-order valence-corrected chi connectivity index (χ1v) is 9.09. The summed E-state index contributed by atoms with van der Waals surface area (Å²) in [4.78, 5) is 24.5. The molecule has 0 saturated carbocycles. The van der Waals surface area contributed by atoms with E-state index in [9.17, 15) is 14.7 Å². The minimum atomic E-state index is -0.936. The monoisotopic (exact) mass is 385 g/mol. The summed E-state index contributed by atoms with van der Waals surface area (Å²) in [5, 5.41) is 9.46. The molecule has 1 aliphatic rings. The first-order chi connectivity index (χ1) is 13.6. The number of carbonyl (C=O) groups is 2. The number of rotatable bonds is 7. The molecule has 28 heavy (non-hydrogen) atoms. The molecule has 1 unspecified atom stereocenters. The lowest BCUT2D eigenvalue weighted by Crippen LogP contribution is -2.37. The third-order valence-corrected chi connectivity index (χ3v) is 4.59. The van der Waals surface area contributed by atoms with Gasteiger partial charge in [-0.05, 0) is 36.1 Å². The Hall–Kier alpha value is -3.22. The van der Waals surface area contributed by atoms with Gasteiger partial charge in [-0.3, -0.25) is 0 Å². The summed E-state index contributed by atoms with van der Waals surface area (Å²) in [5.74, 6) is 0.540. The lowest BCUT2D eigenvalue weighted by atomic mass is 10.1. The van der Waals surface area contributed by atoms with Crippen LogP contribution in [0, 0.1) is 0 Å². The molecule has 0 spiro atoms. The summed E-state index contributed by atoms with van der Waals surface area (Å²) < 4.78 is 15.9. The van der Waals surface area contributed by atoms with E-state index in [1.54, 1.807) is 6.07 Å². The molecule has 0 fully saturated rings. The number of carboxylic acid groups (broad SMARTS) is 1. The minimum Gasteiger partial charge on any atom is -0.485 e. The number of hydrogen-bond acceptors (Lipinski definition) is 5. The second-order valence-electron chi connectivity index (χ2n) is 6.48. The van der Waals surface area contributed by atoms with E-state index < -0.39 is 18.2 Å². The van der Waals surface area contributed by atoms with E-state index in [1.165, 1.54) is 12.0 Å². The first-order valence-electron chi connectivity index (χ1n) is 9.09. The quantitative estimate of drug-likeness (QED) is 0.738. The summed E-state index contributed by atoms with van der Waals surface area (Å²) in [6.07, 6.45) is -0.486. The van der Waals surface area contributed by atoms with Gasteiger partial charge in [-0.25, -0.2) is 9.59 Å². The third kappa shape index (κ3) is 4.94. The van der Waals surface area contributed by atoms with Gasteiger partial charge < -0.3 is 24.2 Å². The van der Waals surface area contributed by atoms with Crippen LogP contribution in [0.15, 0.2) is 48.5 Å². The van der Waals surface area contributed by atoms with E-state index in [4.69, 9.17) is 9.47 Å². The van der Waals surface area contributed by atoms with E-state index in [2.05, 4.69) is 4.74 Å². The molecule has 1 amide bonds. The second-order valence-corrected chi connectivity index (χ2v) is 6.48. The number of hydrogen-bond donors (Lipinski definition) is 1. The molecule has 1 atom stereocenters. The molecule has 7 nitrogen and oxygen atoms in total. The van der Waals surface area contributed by atoms with E-state index in [1.807, 2.05) is 42.5 Å². The van der Waals surface area contributed by atoms with Crippen molar-refractivity contribution in [3.63, 3.8) is 0 Å². The molecule has 0 radical (unpaired) electrons. The predicted octanol–water partition coefficient (Wildman–Crippen LogP) is 2.76. The van der Waals surface area contributed by atoms with Crippen LogP contribution in [0.4, 0.5) is 4.79 Å². The fourth-order valence-electron chi connectivity index (χ4n) is 2.99. The van der Waals surface area contributed by atoms with Gasteiger partial charge in [0.15, 0.2) is 11.5 Å². The van der Waals surface area contributed by atoms with Gasteiger partial charge in [-0.15, -0.1) is 0 Å². The van der Waals surface area contributed by atoms with Crippen LogP contribution in [-0.4, -0.2) is 55.0 Å². The van der Waals surface area contributed by atoms with E-state index in [-0.39, 0.29) is 6.61 Å². The molecule has 1 aliphatic heterocycles. The van der Waals surface area contributed by atoms with E-state index >= 15 is 0 Å². The maximum absolute atomic E-state index is 11.6. The zero-order valence-electron chi connectivity index (χ0n) is 15.7. The van der Waals surface area contributed by atoms with Gasteiger partial charge in [0.25, 0.3) is 0 Å². The van der Waals surface area contributed by atoms with Crippen LogP contribution < -0.4 is 9.47 Å². The van der Waals surface area contributed by atoms with Gasteiger partial charge in [0.05, 0.1) is 7.11 Å². The summed E-state index contributed by atoms with van der Waals surface area (Å²) in [5.41, 5.74) is 2.04. The first kappa shape index (κ1) is 19.5. The Bertz CT molecular complexity index is 823. The molecule has 1 heterocycles. The standard InChI is InChI=1S/C21H23NO6/c1-26-20(23)19-14-27-18-13-16(7-8-17(18)28-19)10-12-22(21(24)25)11-9-15-5-3-2-4-6-15/h2-8,13,19H,9-12,14H2,1H3,(H,24,25). The Kier molecular flexibility index (Phi) is 6.37. The molecule has 7 heteroatoms. The highest BCUT2D eigenvalue weighted by atomic mass is 16.6. The van der Waals surface area contributed by atoms with Crippen molar-refractivity contribution in [2.24, 2.45) is 0 Å². The number of benzene rings is 2. The Labute approximate surface area is 163 Å². The van der Waals surface area contributed by atoms with Crippen molar-refractivity contribution in [3.8, 4) is 11.5 Å². The van der Waals surface area contributed by atoms with E-state index in [0.29, 0.717) is 37.4 Å². The van der Waals surface area contributed by atoms with Gasteiger partial charge in [0, 0.05) is 13.1 Å². The highest BCUT2D eigenvalue weighted by Gasteiger charge is 2.28. The number of esters is 1. The molecule has 0 aliphatic carbocycles.